The van der Waals surface area contributed by atoms with Gasteiger partial charge in [0, 0.05) is 6.54 Å². The highest BCUT2D eigenvalue weighted by molar-refractivity contribution is 8.17. The summed E-state index contributed by atoms with van der Waals surface area (Å²) in [5, 5.41) is 6.33. The zero-order valence-corrected chi connectivity index (χ0v) is 12.2. The Morgan fingerprint density at radius 3 is 2.80 bits per heavy atom. The van der Waals surface area contributed by atoms with E-state index in [-0.39, 0.29) is 11.8 Å². The number of nitrogens with zero attached hydrogens (tertiary/aromatic N) is 1. The molecule has 2 N–H and O–H groups in total. The normalized spacial score (nSPS) is 45.2. The second-order valence-corrected chi connectivity index (χ2v) is 7.71. The summed E-state index contributed by atoms with van der Waals surface area (Å²) in [5.74, 6) is 1.20. The van der Waals surface area contributed by atoms with Gasteiger partial charge in [-0.2, -0.15) is 0 Å². The van der Waals surface area contributed by atoms with Crippen LogP contribution >= 0.6 is 11.8 Å². The number of carbonyl (C=O) groups excluding carboxylic acids is 2. The highest BCUT2D eigenvalue weighted by Gasteiger charge is 2.54. The number of carbonyl (C=O) groups is 2. The number of piperidine rings is 1. The fourth-order valence-electron chi connectivity index (χ4n) is 4.12. The van der Waals surface area contributed by atoms with E-state index < -0.39 is 4.75 Å². The molecule has 0 aromatic heterocycles. The average Bonchev–Trinajstić information content (AvgIpc) is 3.10. The van der Waals surface area contributed by atoms with Crippen LogP contribution < -0.4 is 10.6 Å². The molecule has 2 saturated carbocycles. The smallest absolute Gasteiger partial charge is 0.252 e. The van der Waals surface area contributed by atoms with Crippen molar-refractivity contribution in [1.29, 1.82) is 0 Å². The van der Waals surface area contributed by atoms with Crippen molar-refractivity contribution < 1.29 is 9.59 Å². The number of aliphatic imine (C=N–C) groups is 1. The van der Waals surface area contributed by atoms with Crippen molar-refractivity contribution >= 4 is 28.7 Å². The number of hydrogen-bond acceptors (Lipinski definition) is 4. The van der Waals surface area contributed by atoms with Gasteiger partial charge in [-0.25, -0.2) is 0 Å². The molecule has 2 bridgehead atoms. The lowest BCUT2D eigenvalue weighted by atomic mass is 9.96. The third kappa shape index (κ3) is 1.80. The van der Waals surface area contributed by atoms with E-state index >= 15 is 0 Å². The van der Waals surface area contributed by atoms with E-state index in [2.05, 4.69) is 10.6 Å². The highest BCUT2D eigenvalue weighted by Crippen LogP contribution is 2.47. The summed E-state index contributed by atoms with van der Waals surface area (Å²) in [5.41, 5.74) is 0. The summed E-state index contributed by atoms with van der Waals surface area (Å²) in [6.07, 6.45) is 6.54. The predicted molar refractivity (Wildman–Crippen MR) is 77.4 cm³/mol. The van der Waals surface area contributed by atoms with E-state index in [1.807, 2.05) is 0 Å². The molecule has 108 valence electrons. The molecule has 2 aliphatic heterocycles. The fraction of sp³-hybridized carbons (Fsp3) is 0.786. The largest absolute Gasteiger partial charge is 0.354 e. The molecule has 6 heteroatoms. The first-order valence-corrected chi connectivity index (χ1v) is 8.35. The molecule has 0 unspecified atom stereocenters. The van der Waals surface area contributed by atoms with Crippen LogP contribution in [0.5, 0.6) is 0 Å². The Labute approximate surface area is 122 Å². The molecule has 1 spiro atoms. The van der Waals surface area contributed by atoms with Gasteiger partial charge in [0.25, 0.3) is 5.91 Å². The molecule has 2 aliphatic carbocycles. The minimum atomic E-state index is -0.950. The molecular formula is C14H19N3O2S. The number of fused-ring (bicyclic) bond motifs is 2. The maximum absolute atomic E-state index is 12.2. The van der Waals surface area contributed by atoms with Crippen LogP contribution in [0.15, 0.2) is 4.99 Å². The topological polar surface area (TPSA) is 70.6 Å². The Morgan fingerprint density at radius 1 is 1.20 bits per heavy atom. The minimum Gasteiger partial charge on any atom is -0.354 e. The standard InChI is InChI=1S/C14H19N3O2S/c18-11-14(4-1-5-15-11)12(19)17-13(20-14)16-10-7-8-2-3-9(10)6-8/h8-10H,1-7H2,(H,15,18)(H,16,17,19)/t8-,9+,10-,14+/m0/s1. The van der Waals surface area contributed by atoms with Gasteiger partial charge in [-0.05, 0) is 43.9 Å². The first-order valence-electron chi connectivity index (χ1n) is 7.54. The summed E-state index contributed by atoms with van der Waals surface area (Å²) in [4.78, 5) is 29.1. The van der Waals surface area contributed by atoms with E-state index in [9.17, 15) is 9.59 Å². The fourth-order valence-corrected chi connectivity index (χ4v) is 5.34. The maximum atomic E-state index is 12.2. The summed E-state index contributed by atoms with van der Waals surface area (Å²) in [7, 11) is 0. The first-order chi connectivity index (χ1) is 9.67. The number of hydrogen-bond donors (Lipinski definition) is 2. The van der Waals surface area contributed by atoms with Crippen LogP contribution in [0.25, 0.3) is 0 Å². The van der Waals surface area contributed by atoms with Crippen LogP contribution in [0.2, 0.25) is 0 Å². The SMILES string of the molecule is O=C1NCCC[C@@]12SC(=N[C@H]1C[C@H]3CC[C@@H]1C3)NC2=O. The average molecular weight is 293 g/mol. The maximum Gasteiger partial charge on any atom is 0.252 e. The first kappa shape index (κ1) is 12.7. The Morgan fingerprint density at radius 2 is 2.10 bits per heavy atom. The molecule has 5 nitrogen and oxygen atoms in total. The van der Waals surface area contributed by atoms with Gasteiger partial charge in [0.1, 0.15) is 0 Å². The second kappa shape index (κ2) is 4.48. The van der Waals surface area contributed by atoms with E-state index in [0.29, 0.717) is 30.1 Å². The Bertz CT molecular complexity index is 507. The highest BCUT2D eigenvalue weighted by atomic mass is 32.2. The summed E-state index contributed by atoms with van der Waals surface area (Å²) in [6, 6.07) is 0.360. The zero-order valence-electron chi connectivity index (χ0n) is 11.4. The van der Waals surface area contributed by atoms with Gasteiger partial charge in [0.15, 0.2) is 9.91 Å². The minimum absolute atomic E-state index is 0.149. The molecule has 4 fully saturated rings. The number of thioether (sulfide) groups is 1. The van der Waals surface area contributed by atoms with Gasteiger partial charge in [-0.3, -0.25) is 14.6 Å². The molecule has 2 heterocycles. The van der Waals surface area contributed by atoms with Gasteiger partial charge >= 0.3 is 0 Å². The van der Waals surface area contributed by atoms with Crippen molar-refractivity contribution in [3.63, 3.8) is 0 Å². The number of amidine groups is 1. The summed E-state index contributed by atoms with van der Waals surface area (Å²) >= 11 is 1.34. The number of rotatable bonds is 1. The zero-order chi connectivity index (χ0) is 13.7. The molecule has 4 aliphatic rings. The lowest BCUT2D eigenvalue weighted by molar-refractivity contribution is -0.133. The second-order valence-electron chi connectivity index (χ2n) is 6.42. The monoisotopic (exact) mass is 293 g/mol. The van der Waals surface area contributed by atoms with E-state index in [1.54, 1.807) is 0 Å². The van der Waals surface area contributed by atoms with Crippen LogP contribution in [-0.4, -0.2) is 34.3 Å². The molecule has 0 aromatic carbocycles. The van der Waals surface area contributed by atoms with Crippen LogP contribution in [-0.2, 0) is 9.59 Å². The summed E-state index contributed by atoms with van der Waals surface area (Å²) in [6.45, 7) is 0.674. The molecule has 0 radical (unpaired) electrons. The van der Waals surface area contributed by atoms with Crippen molar-refractivity contribution in [1.82, 2.24) is 10.6 Å². The third-order valence-corrected chi connectivity index (χ3v) is 6.52. The molecular weight excluding hydrogens is 274 g/mol. The van der Waals surface area contributed by atoms with E-state index in [4.69, 9.17) is 4.99 Å². The molecule has 0 aromatic rings. The van der Waals surface area contributed by atoms with Crippen LogP contribution in [0, 0.1) is 11.8 Å². The Hall–Kier alpha value is -1.04. The third-order valence-electron chi connectivity index (χ3n) is 5.20. The quantitative estimate of drug-likeness (QED) is 0.710. The Kier molecular flexibility index (Phi) is 2.84. The molecule has 4 atom stereocenters. The Balaban J connectivity index is 1.54. The van der Waals surface area contributed by atoms with Crippen molar-refractivity contribution in [3.8, 4) is 0 Å². The van der Waals surface area contributed by atoms with Gasteiger partial charge in [-0.15, -0.1) is 0 Å². The lowest BCUT2D eigenvalue weighted by Crippen LogP contribution is -2.53. The van der Waals surface area contributed by atoms with Gasteiger partial charge in [-0.1, -0.05) is 18.2 Å². The van der Waals surface area contributed by atoms with Crippen molar-refractivity contribution in [2.24, 2.45) is 16.8 Å². The predicted octanol–water partition coefficient (Wildman–Crippen LogP) is 1.04. The van der Waals surface area contributed by atoms with Gasteiger partial charge in [0.05, 0.1) is 6.04 Å². The van der Waals surface area contributed by atoms with Crippen molar-refractivity contribution in [3.05, 3.63) is 0 Å². The van der Waals surface area contributed by atoms with Crippen molar-refractivity contribution in [2.45, 2.75) is 49.3 Å². The van der Waals surface area contributed by atoms with Crippen LogP contribution in [0.1, 0.15) is 38.5 Å². The number of nitrogens with one attached hydrogen (secondary N) is 2. The summed E-state index contributed by atoms with van der Waals surface area (Å²) < 4.78 is -0.950. The van der Waals surface area contributed by atoms with Crippen LogP contribution in [0.4, 0.5) is 0 Å². The molecule has 20 heavy (non-hydrogen) atoms. The molecule has 2 saturated heterocycles. The van der Waals surface area contributed by atoms with Crippen LogP contribution in [0.3, 0.4) is 0 Å². The van der Waals surface area contributed by atoms with Gasteiger partial charge < -0.3 is 10.6 Å². The lowest BCUT2D eigenvalue weighted by Gasteiger charge is -2.27. The van der Waals surface area contributed by atoms with E-state index in [0.717, 1.165) is 18.8 Å². The van der Waals surface area contributed by atoms with Gasteiger partial charge in [0.2, 0.25) is 5.91 Å². The van der Waals surface area contributed by atoms with Crippen molar-refractivity contribution in [2.75, 3.05) is 6.54 Å². The number of amides is 2. The molecule has 4 rings (SSSR count). The molecule has 2 amide bonds. The van der Waals surface area contributed by atoms with E-state index in [1.165, 1.54) is 31.0 Å².